The normalized spacial score (nSPS) is 12.7. The Kier molecular flexibility index (Phi) is 2.39. The highest BCUT2D eigenvalue weighted by Gasteiger charge is 2.12. The summed E-state index contributed by atoms with van der Waals surface area (Å²) < 4.78 is 4.87. The molecule has 0 spiro atoms. The Labute approximate surface area is 86.5 Å². The Morgan fingerprint density at radius 2 is 2.27 bits per heavy atom. The van der Waals surface area contributed by atoms with Crippen LogP contribution in [0.25, 0.3) is 11.4 Å². The van der Waals surface area contributed by atoms with Crippen LogP contribution in [0.1, 0.15) is 18.9 Å². The minimum Gasteiger partial charge on any atom is -0.399 e. The van der Waals surface area contributed by atoms with E-state index in [0.717, 1.165) is 5.56 Å². The molecule has 0 amide bonds. The van der Waals surface area contributed by atoms with E-state index in [4.69, 9.17) is 10.3 Å². The van der Waals surface area contributed by atoms with Crippen molar-refractivity contribution in [3.05, 3.63) is 30.2 Å². The van der Waals surface area contributed by atoms with E-state index in [9.17, 15) is 5.11 Å². The number of rotatable bonds is 2. The first-order valence-corrected chi connectivity index (χ1v) is 4.54. The molecule has 0 aliphatic heterocycles. The van der Waals surface area contributed by atoms with Crippen LogP contribution in [0, 0.1) is 0 Å². The first kappa shape index (κ1) is 9.67. The highest BCUT2D eigenvalue weighted by atomic mass is 16.5. The van der Waals surface area contributed by atoms with E-state index in [1.165, 1.54) is 0 Å². The van der Waals surface area contributed by atoms with Gasteiger partial charge in [0.1, 0.15) is 6.10 Å². The third kappa shape index (κ3) is 1.97. The monoisotopic (exact) mass is 205 g/mol. The molecule has 2 rings (SSSR count). The van der Waals surface area contributed by atoms with Crippen molar-refractivity contribution in [2.45, 2.75) is 13.0 Å². The molecule has 0 saturated heterocycles. The Bertz CT molecular complexity index is 465. The minimum atomic E-state index is -0.757. The highest BCUT2D eigenvalue weighted by molar-refractivity contribution is 5.60. The van der Waals surface area contributed by atoms with Gasteiger partial charge in [0, 0.05) is 11.3 Å². The smallest absolute Gasteiger partial charge is 0.255 e. The average Bonchev–Trinajstić information content (AvgIpc) is 2.66. The second-order valence-corrected chi connectivity index (χ2v) is 3.26. The molecule has 1 atom stereocenters. The third-order valence-electron chi connectivity index (χ3n) is 1.94. The standard InChI is InChI=1S/C10H11N3O2/c1-6(14)10-12-9(13-15-10)7-3-2-4-8(11)5-7/h2-6,14H,11H2,1H3/t6-/m0/s1. The lowest BCUT2D eigenvalue weighted by Crippen LogP contribution is -1.90. The summed E-state index contributed by atoms with van der Waals surface area (Å²) in [7, 11) is 0. The van der Waals surface area contributed by atoms with E-state index in [1.807, 2.05) is 12.1 Å². The lowest BCUT2D eigenvalue weighted by atomic mass is 10.2. The molecule has 0 bridgehead atoms. The van der Waals surface area contributed by atoms with Crippen molar-refractivity contribution >= 4 is 5.69 Å². The van der Waals surface area contributed by atoms with Crippen molar-refractivity contribution in [2.75, 3.05) is 5.73 Å². The fraction of sp³-hybridized carbons (Fsp3) is 0.200. The fourth-order valence-electron chi connectivity index (χ4n) is 1.20. The molecule has 1 aromatic heterocycles. The van der Waals surface area contributed by atoms with E-state index in [0.29, 0.717) is 11.5 Å². The van der Waals surface area contributed by atoms with Gasteiger partial charge in [0.2, 0.25) is 5.82 Å². The van der Waals surface area contributed by atoms with E-state index in [2.05, 4.69) is 10.1 Å². The molecule has 1 aromatic carbocycles. The maximum Gasteiger partial charge on any atom is 0.255 e. The molecule has 15 heavy (non-hydrogen) atoms. The van der Waals surface area contributed by atoms with Gasteiger partial charge in [-0.25, -0.2) is 0 Å². The van der Waals surface area contributed by atoms with Crippen LogP contribution in [0.2, 0.25) is 0 Å². The molecule has 2 aromatic rings. The number of hydrogen-bond acceptors (Lipinski definition) is 5. The number of aliphatic hydroxyl groups is 1. The first-order chi connectivity index (χ1) is 7.16. The molecule has 0 fully saturated rings. The van der Waals surface area contributed by atoms with Gasteiger partial charge in [-0.3, -0.25) is 0 Å². The van der Waals surface area contributed by atoms with Gasteiger partial charge < -0.3 is 15.4 Å². The van der Waals surface area contributed by atoms with Gasteiger partial charge in [-0.05, 0) is 19.1 Å². The molecule has 0 aliphatic rings. The van der Waals surface area contributed by atoms with Crippen LogP contribution >= 0.6 is 0 Å². The largest absolute Gasteiger partial charge is 0.399 e. The lowest BCUT2D eigenvalue weighted by Gasteiger charge is -1.95. The predicted octanol–water partition coefficient (Wildman–Crippen LogP) is 1.37. The zero-order valence-electron chi connectivity index (χ0n) is 8.21. The van der Waals surface area contributed by atoms with E-state index in [1.54, 1.807) is 19.1 Å². The molecule has 0 unspecified atom stereocenters. The maximum absolute atomic E-state index is 9.22. The number of nitrogen functional groups attached to an aromatic ring is 1. The van der Waals surface area contributed by atoms with Gasteiger partial charge in [-0.2, -0.15) is 4.98 Å². The molecule has 1 heterocycles. The summed E-state index contributed by atoms with van der Waals surface area (Å²) in [5.74, 6) is 0.630. The van der Waals surface area contributed by atoms with Gasteiger partial charge >= 0.3 is 0 Å². The summed E-state index contributed by atoms with van der Waals surface area (Å²) >= 11 is 0. The van der Waals surface area contributed by atoms with Gasteiger partial charge in [-0.1, -0.05) is 17.3 Å². The zero-order chi connectivity index (χ0) is 10.8. The van der Waals surface area contributed by atoms with Gasteiger partial charge in [0.15, 0.2) is 0 Å². The Morgan fingerprint density at radius 3 is 2.87 bits per heavy atom. The maximum atomic E-state index is 9.22. The number of aromatic nitrogens is 2. The summed E-state index contributed by atoms with van der Waals surface area (Å²) in [5, 5.41) is 13.0. The summed E-state index contributed by atoms with van der Waals surface area (Å²) in [6.45, 7) is 1.57. The van der Waals surface area contributed by atoms with Crippen LogP contribution in [0.4, 0.5) is 5.69 Å². The van der Waals surface area contributed by atoms with Crippen molar-refractivity contribution in [1.82, 2.24) is 10.1 Å². The Balaban J connectivity index is 2.37. The summed E-state index contributed by atoms with van der Waals surface area (Å²) in [4.78, 5) is 4.04. The molecule has 5 heteroatoms. The van der Waals surface area contributed by atoms with Crippen LogP contribution in [-0.2, 0) is 0 Å². The van der Waals surface area contributed by atoms with Crippen molar-refractivity contribution < 1.29 is 9.63 Å². The highest BCUT2D eigenvalue weighted by Crippen LogP contribution is 2.20. The number of aliphatic hydroxyl groups excluding tert-OH is 1. The van der Waals surface area contributed by atoms with E-state index < -0.39 is 6.10 Å². The topological polar surface area (TPSA) is 85.2 Å². The SMILES string of the molecule is C[C@H](O)c1nc(-c2cccc(N)c2)no1. The second kappa shape index (κ2) is 3.70. The molecule has 0 saturated carbocycles. The van der Waals surface area contributed by atoms with E-state index >= 15 is 0 Å². The minimum absolute atomic E-state index is 0.201. The van der Waals surface area contributed by atoms with Crippen LogP contribution in [0.3, 0.4) is 0 Å². The van der Waals surface area contributed by atoms with Gasteiger partial charge in [-0.15, -0.1) is 0 Å². The fourth-order valence-corrected chi connectivity index (χ4v) is 1.20. The van der Waals surface area contributed by atoms with Crippen LogP contribution in [-0.4, -0.2) is 15.2 Å². The predicted molar refractivity (Wildman–Crippen MR) is 54.8 cm³/mol. The lowest BCUT2D eigenvalue weighted by molar-refractivity contribution is 0.152. The summed E-state index contributed by atoms with van der Waals surface area (Å²) in [6, 6.07) is 7.16. The molecular formula is C10H11N3O2. The Hall–Kier alpha value is -1.88. The number of anilines is 1. The molecule has 0 aliphatic carbocycles. The van der Waals surface area contributed by atoms with Gasteiger partial charge in [0.05, 0.1) is 0 Å². The third-order valence-corrected chi connectivity index (χ3v) is 1.94. The van der Waals surface area contributed by atoms with Crippen molar-refractivity contribution in [1.29, 1.82) is 0 Å². The molecule has 78 valence electrons. The number of benzene rings is 1. The molecule has 0 radical (unpaired) electrons. The zero-order valence-corrected chi connectivity index (χ0v) is 8.21. The first-order valence-electron chi connectivity index (χ1n) is 4.54. The molecular weight excluding hydrogens is 194 g/mol. The number of nitrogens with two attached hydrogens (primary N) is 1. The number of nitrogens with zero attached hydrogens (tertiary/aromatic N) is 2. The second-order valence-electron chi connectivity index (χ2n) is 3.26. The quantitative estimate of drug-likeness (QED) is 0.723. The van der Waals surface area contributed by atoms with Crippen molar-refractivity contribution in [3.63, 3.8) is 0 Å². The van der Waals surface area contributed by atoms with Crippen molar-refractivity contribution in [2.24, 2.45) is 0 Å². The molecule has 5 nitrogen and oxygen atoms in total. The summed E-state index contributed by atoms with van der Waals surface area (Å²) in [6.07, 6.45) is -0.757. The Morgan fingerprint density at radius 1 is 1.47 bits per heavy atom. The average molecular weight is 205 g/mol. The number of hydrogen-bond donors (Lipinski definition) is 2. The summed E-state index contributed by atoms with van der Waals surface area (Å²) in [5.41, 5.74) is 7.03. The van der Waals surface area contributed by atoms with Crippen LogP contribution in [0.15, 0.2) is 28.8 Å². The van der Waals surface area contributed by atoms with E-state index in [-0.39, 0.29) is 5.89 Å². The van der Waals surface area contributed by atoms with Crippen LogP contribution in [0.5, 0.6) is 0 Å². The van der Waals surface area contributed by atoms with Gasteiger partial charge in [0.25, 0.3) is 5.89 Å². The molecule has 3 N–H and O–H groups in total. The van der Waals surface area contributed by atoms with Crippen LogP contribution < -0.4 is 5.73 Å². The van der Waals surface area contributed by atoms with Crippen molar-refractivity contribution in [3.8, 4) is 11.4 Å².